The summed E-state index contributed by atoms with van der Waals surface area (Å²) in [6.07, 6.45) is 8.07. The molecule has 1 aliphatic rings. The number of ketones is 1. The van der Waals surface area contributed by atoms with Crippen LogP contribution in [0.4, 0.5) is 0 Å². The van der Waals surface area contributed by atoms with Gasteiger partial charge in [0.25, 0.3) is 0 Å². The predicted octanol–water partition coefficient (Wildman–Crippen LogP) is 4.40. The minimum atomic E-state index is -1.05. The van der Waals surface area contributed by atoms with Gasteiger partial charge in [0, 0.05) is 12.0 Å². The highest BCUT2D eigenvalue weighted by Gasteiger charge is 2.39. The monoisotopic (exact) mass is 394 g/mol. The molecule has 0 radical (unpaired) electrons. The standard InChI is InChI=1S/C24H26O5/c1-3-4-5-14-24(2,28)22-15-19-21(29-22)13-11-18(23(19)27)20(26)12-8-16-6-9-17(25)10-7-16/h3-4,6-13,22,25,27-28H,5,14-15H2,1-2H3/b4-3+,12-8+. The predicted molar refractivity (Wildman–Crippen MR) is 112 cm³/mol. The fraction of sp³-hybridized carbons (Fsp3) is 0.292. The van der Waals surface area contributed by atoms with Gasteiger partial charge >= 0.3 is 0 Å². The van der Waals surface area contributed by atoms with Gasteiger partial charge in [0.1, 0.15) is 23.4 Å². The fourth-order valence-electron chi connectivity index (χ4n) is 3.40. The van der Waals surface area contributed by atoms with Crippen LogP contribution in [0.3, 0.4) is 0 Å². The lowest BCUT2D eigenvalue weighted by Gasteiger charge is -2.29. The molecule has 3 rings (SSSR count). The summed E-state index contributed by atoms with van der Waals surface area (Å²) in [5, 5.41) is 30.7. The SMILES string of the molecule is C/C=C/CCC(C)(O)C1Cc2c(ccc(C(=O)/C=C/c3ccc(O)cc3)c2O)O1. The molecule has 0 amide bonds. The zero-order chi connectivity index (χ0) is 21.0. The van der Waals surface area contributed by atoms with Crippen molar-refractivity contribution in [2.75, 3.05) is 0 Å². The lowest BCUT2D eigenvalue weighted by atomic mass is 9.89. The molecule has 5 nitrogen and oxygen atoms in total. The zero-order valence-corrected chi connectivity index (χ0v) is 16.6. The first-order chi connectivity index (χ1) is 13.8. The van der Waals surface area contributed by atoms with Crippen molar-refractivity contribution >= 4 is 11.9 Å². The number of allylic oxidation sites excluding steroid dienone is 3. The lowest BCUT2D eigenvalue weighted by Crippen LogP contribution is -2.42. The van der Waals surface area contributed by atoms with Crippen molar-refractivity contribution in [1.82, 2.24) is 0 Å². The number of phenolic OH excluding ortho intramolecular Hbond substituents is 2. The van der Waals surface area contributed by atoms with Crippen LogP contribution >= 0.6 is 0 Å². The quantitative estimate of drug-likeness (QED) is 0.368. The van der Waals surface area contributed by atoms with Crippen LogP contribution in [0.5, 0.6) is 17.2 Å². The molecule has 0 saturated heterocycles. The summed E-state index contributed by atoms with van der Waals surface area (Å²) < 4.78 is 5.87. The van der Waals surface area contributed by atoms with E-state index in [1.54, 1.807) is 31.2 Å². The average Bonchev–Trinajstić information content (AvgIpc) is 3.14. The van der Waals surface area contributed by atoms with Crippen LogP contribution in [0.1, 0.15) is 48.2 Å². The second-order valence-electron chi connectivity index (χ2n) is 7.50. The van der Waals surface area contributed by atoms with E-state index in [1.807, 2.05) is 19.1 Å². The van der Waals surface area contributed by atoms with Gasteiger partial charge in [0.05, 0.1) is 11.2 Å². The Bertz CT molecular complexity index is 938. The minimum Gasteiger partial charge on any atom is -0.508 e. The van der Waals surface area contributed by atoms with Crippen molar-refractivity contribution in [2.45, 2.75) is 44.8 Å². The average molecular weight is 394 g/mol. The van der Waals surface area contributed by atoms with E-state index in [4.69, 9.17) is 4.74 Å². The highest BCUT2D eigenvalue weighted by atomic mass is 16.5. The van der Waals surface area contributed by atoms with Gasteiger partial charge in [-0.25, -0.2) is 0 Å². The number of hydrogen-bond donors (Lipinski definition) is 3. The largest absolute Gasteiger partial charge is 0.508 e. The van der Waals surface area contributed by atoms with Crippen LogP contribution in [0.15, 0.2) is 54.6 Å². The van der Waals surface area contributed by atoms with E-state index >= 15 is 0 Å². The Morgan fingerprint density at radius 2 is 1.93 bits per heavy atom. The summed E-state index contributed by atoms with van der Waals surface area (Å²) in [5.74, 6) is 0.218. The third-order valence-corrected chi connectivity index (χ3v) is 5.23. The molecule has 152 valence electrons. The number of ether oxygens (including phenoxy) is 1. The smallest absolute Gasteiger partial charge is 0.189 e. The molecular weight excluding hydrogens is 368 g/mol. The van der Waals surface area contributed by atoms with Gasteiger partial charge in [-0.1, -0.05) is 30.4 Å². The maximum absolute atomic E-state index is 12.6. The highest BCUT2D eigenvalue weighted by Crippen LogP contribution is 2.41. The number of carbonyl (C=O) groups excluding carboxylic acids is 1. The van der Waals surface area contributed by atoms with Gasteiger partial charge in [0.15, 0.2) is 5.78 Å². The summed E-state index contributed by atoms with van der Waals surface area (Å²) in [7, 11) is 0. The maximum Gasteiger partial charge on any atom is 0.189 e. The molecule has 0 fully saturated rings. The number of hydrogen-bond acceptors (Lipinski definition) is 5. The first-order valence-electron chi connectivity index (χ1n) is 9.68. The first kappa shape index (κ1) is 20.7. The number of fused-ring (bicyclic) bond motifs is 1. The molecule has 3 N–H and O–H groups in total. The zero-order valence-electron chi connectivity index (χ0n) is 16.6. The maximum atomic E-state index is 12.6. The van der Waals surface area contributed by atoms with Gasteiger partial charge in [-0.05, 0) is 62.6 Å². The van der Waals surface area contributed by atoms with E-state index in [-0.39, 0.29) is 22.8 Å². The van der Waals surface area contributed by atoms with E-state index in [1.165, 1.54) is 24.3 Å². The second kappa shape index (κ2) is 8.53. The molecular formula is C24H26O5. The molecule has 1 aliphatic heterocycles. The van der Waals surface area contributed by atoms with Crippen molar-refractivity contribution in [3.05, 3.63) is 71.3 Å². The normalized spacial score (nSPS) is 18.0. The van der Waals surface area contributed by atoms with E-state index in [2.05, 4.69) is 0 Å². The number of phenols is 2. The van der Waals surface area contributed by atoms with Crippen molar-refractivity contribution in [1.29, 1.82) is 0 Å². The van der Waals surface area contributed by atoms with Crippen LogP contribution in [0.25, 0.3) is 6.08 Å². The molecule has 2 aromatic carbocycles. The Balaban J connectivity index is 1.75. The number of aromatic hydroxyl groups is 2. The van der Waals surface area contributed by atoms with Gasteiger partial charge in [-0.15, -0.1) is 0 Å². The van der Waals surface area contributed by atoms with E-state index in [0.29, 0.717) is 24.2 Å². The summed E-state index contributed by atoms with van der Waals surface area (Å²) in [6, 6.07) is 9.66. The number of benzene rings is 2. The third kappa shape index (κ3) is 4.69. The molecule has 2 aromatic rings. The van der Waals surface area contributed by atoms with Crippen LogP contribution in [-0.4, -0.2) is 32.8 Å². The minimum absolute atomic E-state index is 0.102. The van der Waals surface area contributed by atoms with E-state index in [9.17, 15) is 20.1 Å². The van der Waals surface area contributed by atoms with Crippen molar-refractivity contribution in [3.63, 3.8) is 0 Å². The van der Waals surface area contributed by atoms with Crippen LogP contribution in [0, 0.1) is 0 Å². The Kier molecular flexibility index (Phi) is 6.09. The molecule has 2 atom stereocenters. The molecule has 29 heavy (non-hydrogen) atoms. The number of carbonyl (C=O) groups is 1. The summed E-state index contributed by atoms with van der Waals surface area (Å²) in [4.78, 5) is 12.6. The van der Waals surface area contributed by atoms with Crippen LogP contribution < -0.4 is 4.74 Å². The fourth-order valence-corrected chi connectivity index (χ4v) is 3.40. The van der Waals surface area contributed by atoms with Gasteiger partial charge in [0.2, 0.25) is 0 Å². The molecule has 1 heterocycles. The topological polar surface area (TPSA) is 87.0 Å². The lowest BCUT2D eigenvalue weighted by molar-refractivity contribution is -0.0433. The molecule has 0 aromatic heterocycles. The molecule has 0 aliphatic carbocycles. The molecule has 5 heteroatoms. The van der Waals surface area contributed by atoms with Crippen molar-refractivity contribution < 1.29 is 24.9 Å². The Morgan fingerprint density at radius 3 is 2.62 bits per heavy atom. The number of aliphatic hydroxyl groups is 1. The molecule has 2 unspecified atom stereocenters. The van der Waals surface area contributed by atoms with Crippen LogP contribution in [-0.2, 0) is 6.42 Å². The summed E-state index contributed by atoms with van der Waals surface area (Å²) >= 11 is 0. The highest BCUT2D eigenvalue weighted by molar-refractivity contribution is 6.09. The Labute approximate surface area is 170 Å². The van der Waals surface area contributed by atoms with Gasteiger partial charge in [-0.2, -0.15) is 0 Å². The van der Waals surface area contributed by atoms with Gasteiger partial charge in [-0.3, -0.25) is 4.79 Å². The molecule has 0 spiro atoms. The molecule has 0 saturated carbocycles. The number of rotatable bonds is 7. The summed E-state index contributed by atoms with van der Waals surface area (Å²) in [6.45, 7) is 3.67. The Morgan fingerprint density at radius 1 is 1.21 bits per heavy atom. The third-order valence-electron chi connectivity index (χ3n) is 5.23. The summed E-state index contributed by atoms with van der Waals surface area (Å²) in [5.41, 5.74) is 0.452. The molecule has 0 bridgehead atoms. The van der Waals surface area contributed by atoms with E-state index in [0.717, 1.165) is 12.0 Å². The van der Waals surface area contributed by atoms with Crippen LogP contribution in [0.2, 0.25) is 0 Å². The van der Waals surface area contributed by atoms with E-state index < -0.39 is 11.7 Å². The Hall–Kier alpha value is -3.05. The first-order valence-corrected chi connectivity index (χ1v) is 9.68. The van der Waals surface area contributed by atoms with Crippen molar-refractivity contribution in [2.24, 2.45) is 0 Å². The van der Waals surface area contributed by atoms with Gasteiger partial charge < -0.3 is 20.1 Å². The van der Waals surface area contributed by atoms with Crippen molar-refractivity contribution in [3.8, 4) is 17.2 Å². The second-order valence-corrected chi connectivity index (χ2v) is 7.50.